The number of carbonyl (C=O) groups is 1. The first-order chi connectivity index (χ1) is 14.2. The minimum atomic E-state index is -0.0224. The van der Waals surface area contributed by atoms with Crippen LogP contribution in [0.15, 0.2) is 52.9 Å². The summed E-state index contributed by atoms with van der Waals surface area (Å²) in [6.45, 7) is 9.50. The molecule has 0 radical (unpaired) electrons. The molecular formula is C24H29N2O3+. The lowest BCUT2D eigenvalue weighted by atomic mass is 10.1. The smallest absolute Gasteiger partial charge is 0.290 e. The quantitative estimate of drug-likeness (QED) is 0.701. The van der Waals surface area contributed by atoms with Crippen molar-refractivity contribution in [3.05, 3.63) is 71.0 Å². The van der Waals surface area contributed by atoms with Gasteiger partial charge in [0.2, 0.25) is 0 Å². The highest BCUT2D eigenvalue weighted by Gasteiger charge is 2.29. The molecule has 1 N–H and O–H groups in total. The van der Waals surface area contributed by atoms with Crippen LogP contribution in [0.25, 0.3) is 11.0 Å². The van der Waals surface area contributed by atoms with Gasteiger partial charge >= 0.3 is 0 Å². The topological polar surface area (TPSA) is 47.1 Å². The van der Waals surface area contributed by atoms with Gasteiger partial charge in [0.25, 0.3) is 5.91 Å². The molecule has 152 valence electrons. The molecule has 0 aliphatic carbocycles. The minimum absolute atomic E-state index is 0.0224. The van der Waals surface area contributed by atoms with Gasteiger partial charge in [-0.3, -0.25) is 4.79 Å². The Morgan fingerprint density at radius 2 is 1.83 bits per heavy atom. The standard InChI is InChI=1S/C24H28N2O3/c1-3-28-17-21-20-10-6-7-11-22(20)29-23(21)24(27)26-14-12-25(13-15-26)16-19-9-5-4-8-18(19)2/h4-11H,3,12-17H2,1-2H3/p+1. The number of quaternary nitrogens is 1. The van der Waals surface area contributed by atoms with Crippen molar-refractivity contribution in [1.82, 2.24) is 4.90 Å². The SMILES string of the molecule is CCOCc1c(C(=O)N2CC[NH+](Cc3ccccc3C)CC2)oc2ccccc12. The molecule has 5 heteroatoms. The Morgan fingerprint density at radius 1 is 1.10 bits per heavy atom. The molecule has 3 aromatic rings. The zero-order chi connectivity index (χ0) is 20.2. The Labute approximate surface area is 171 Å². The molecule has 5 nitrogen and oxygen atoms in total. The van der Waals surface area contributed by atoms with E-state index in [2.05, 4.69) is 31.2 Å². The highest BCUT2D eigenvalue weighted by atomic mass is 16.5. The van der Waals surface area contributed by atoms with E-state index in [1.165, 1.54) is 16.0 Å². The number of piperazine rings is 1. The lowest BCUT2D eigenvalue weighted by Crippen LogP contribution is -3.13. The summed E-state index contributed by atoms with van der Waals surface area (Å²) in [5, 5.41) is 0.966. The maximum Gasteiger partial charge on any atom is 0.290 e. The molecule has 1 saturated heterocycles. The van der Waals surface area contributed by atoms with Crippen molar-refractivity contribution >= 4 is 16.9 Å². The fourth-order valence-corrected chi connectivity index (χ4v) is 4.04. The highest BCUT2D eigenvalue weighted by molar-refractivity contribution is 5.99. The average Bonchev–Trinajstić information content (AvgIpc) is 3.12. The summed E-state index contributed by atoms with van der Waals surface area (Å²) in [6, 6.07) is 16.3. The van der Waals surface area contributed by atoms with Gasteiger partial charge in [0.1, 0.15) is 12.1 Å². The van der Waals surface area contributed by atoms with Gasteiger partial charge in [-0.15, -0.1) is 0 Å². The van der Waals surface area contributed by atoms with E-state index in [1.807, 2.05) is 36.1 Å². The maximum absolute atomic E-state index is 13.2. The summed E-state index contributed by atoms with van der Waals surface area (Å²) in [7, 11) is 0. The predicted octanol–water partition coefficient (Wildman–Crippen LogP) is 2.82. The number of furan rings is 1. The Kier molecular flexibility index (Phi) is 5.97. The first-order valence-electron chi connectivity index (χ1n) is 10.4. The molecule has 0 atom stereocenters. The van der Waals surface area contributed by atoms with Crippen LogP contribution in [0.1, 0.15) is 34.2 Å². The third kappa shape index (κ3) is 4.21. The number of fused-ring (bicyclic) bond motifs is 1. The number of nitrogens with one attached hydrogen (secondary N) is 1. The van der Waals surface area contributed by atoms with E-state index in [0.717, 1.165) is 49.3 Å². The second-order valence-corrected chi connectivity index (χ2v) is 7.69. The number of para-hydroxylation sites is 1. The second-order valence-electron chi connectivity index (χ2n) is 7.69. The number of amides is 1. The number of carbonyl (C=O) groups excluding carboxylic acids is 1. The predicted molar refractivity (Wildman–Crippen MR) is 113 cm³/mol. The van der Waals surface area contributed by atoms with Crippen LogP contribution in [0.5, 0.6) is 0 Å². The van der Waals surface area contributed by atoms with Crippen LogP contribution in [0.2, 0.25) is 0 Å². The van der Waals surface area contributed by atoms with Gasteiger partial charge in [0.15, 0.2) is 5.76 Å². The van der Waals surface area contributed by atoms with Crippen LogP contribution < -0.4 is 4.90 Å². The molecule has 0 unspecified atom stereocenters. The van der Waals surface area contributed by atoms with Crippen LogP contribution in [-0.2, 0) is 17.9 Å². The Bertz CT molecular complexity index is 987. The van der Waals surface area contributed by atoms with Crippen LogP contribution in [0.4, 0.5) is 0 Å². The van der Waals surface area contributed by atoms with Crippen molar-refractivity contribution < 1.29 is 18.8 Å². The summed E-state index contributed by atoms with van der Waals surface area (Å²) in [6.07, 6.45) is 0. The van der Waals surface area contributed by atoms with E-state index in [4.69, 9.17) is 9.15 Å². The first kappa shape index (κ1) is 19.7. The summed E-state index contributed by atoms with van der Waals surface area (Å²) in [5.41, 5.74) is 4.33. The van der Waals surface area contributed by atoms with Crippen LogP contribution in [-0.4, -0.2) is 43.6 Å². The summed E-state index contributed by atoms with van der Waals surface area (Å²) < 4.78 is 11.6. The van der Waals surface area contributed by atoms with Crippen molar-refractivity contribution in [1.29, 1.82) is 0 Å². The normalized spacial score (nSPS) is 15.2. The maximum atomic E-state index is 13.2. The fourth-order valence-electron chi connectivity index (χ4n) is 4.04. The second kappa shape index (κ2) is 8.80. The van der Waals surface area contributed by atoms with E-state index >= 15 is 0 Å². The zero-order valence-electron chi connectivity index (χ0n) is 17.2. The molecule has 29 heavy (non-hydrogen) atoms. The lowest BCUT2D eigenvalue weighted by Gasteiger charge is -2.32. The van der Waals surface area contributed by atoms with Gasteiger partial charge in [0.05, 0.1) is 32.8 Å². The van der Waals surface area contributed by atoms with Gasteiger partial charge in [-0.1, -0.05) is 42.5 Å². The Hall–Kier alpha value is -2.63. The number of benzene rings is 2. The number of aryl methyl sites for hydroxylation is 1. The zero-order valence-corrected chi connectivity index (χ0v) is 17.2. The molecule has 1 fully saturated rings. The molecule has 0 spiro atoms. The van der Waals surface area contributed by atoms with Gasteiger partial charge in [0, 0.05) is 23.1 Å². The van der Waals surface area contributed by atoms with E-state index in [0.29, 0.717) is 19.0 Å². The van der Waals surface area contributed by atoms with Crippen molar-refractivity contribution in [3.63, 3.8) is 0 Å². The number of hydrogen-bond donors (Lipinski definition) is 1. The third-order valence-corrected chi connectivity index (χ3v) is 5.80. The van der Waals surface area contributed by atoms with E-state index in [-0.39, 0.29) is 5.91 Å². The number of nitrogens with zero attached hydrogens (tertiary/aromatic N) is 1. The summed E-state index contributed by atoms with van der Waals surface area (Å²) in [4.78, 5) is 16.7. The van der Waals surface area contributed by atoms with Crippen LogP contribution >= 0.6 is 0 Å². The highest BCUT2D eigenvalue weighted by Crippen LogP contribution is 2.27. The van der Waals surface area contributed by atoms with Crippen molar-refractivity contribution in [2.45, 2.75) is 27.0 Å². The van der Waals surface area contributed by atoms with Crippen molar-refractivity contribution in [3.8, 4) is 0 Å². The number of hydrogen-bond acceptors (Lipinski definition) is 3. The molecular weight excluding hydrogens is 364 g/mol. The van der Waals surface area contributed by atoms with Gasteiger partial charge in [-0.2, -0.15) is 0 Å². The fraction of sp³-hybridized carbons (Fsp3) is 0.375. The summed E-state index contributed by atoms with van der Waals surface area (Å²) in [5.74, 6) is 0.410. The van der Waals surface area contributed by atoms with Gasteiger partial charge in [-0.25, -0.2) is 0 Å². The minimum Gasteiger partial charge on any atom is -0.451 e. The van der Waals surface area contributed by atoms with Crippen molar-refractivity contribution in [2.24, 2.45) is 0 Å². The molecule has 1 amide bonds. The monoisotopic (exact) mass is 393 g/mol. The molecule has 0 saturated carbocycles. The molecule has 0 bridgehead atoms. The lowest BCUT2D eigenvalue weighted by molar-refractivity contribution is -0.917. The van der Waals surface area contributed by atoms with E-state index in [1.54, 1.807) is 0 Å². The largest absolute Gasteiger partial charge is 0.451 e. The third-order valence-electron chi connectivity index (χ3n) is 5.80. The van der Waals surface area contributed by atoms with Crippen LogP contribution in [0.3, 0.4) is 0 Å². The van der Waals surface area contributed by atoms with Crippen LogP contribution in [0, 0.1) is 6.92 Å². The molecule has 1 aromatic heterocycles. The van der Waals surface area contributed by atoms with E-state index < -0.39 is 0 Å². The molecule has 1 aliphatic rings. The molecule has 2 aromatic carbocycles. The molecule has 1 aliphatic heterocycles. The van der Waals surface area contributed by atoms with Gasteiger partial charge in [-0.05, 0) is 25.5 Å². The number of rotatable bonds is 6. The molecule has 2 heterocycles. The first-order valence-corrected chi connectivity index (χ1v) is 10.4. The Balaban J connectivity index is 1.46. The summed E-state index contributed by atoms with van der Waals surface area (Å²) >= 11 is 0. The average molecular weight is 394 g/mol. The van der Waals surface area contributed by atoms with E-state index in [9.17, 15) is 4.79 Å². The van der Waals surface area contributed by atoms with Crippen molar-refractivity contribution in [2.75, 3.05) is 32.8 Å². The molecule has 4 rings (SSSR count). The number of ether oxygens (including phenoxy) is 1. The Morgan fingerprint density at radius 3 is 2.59 bits per heavy atom. The van der Waals surface area contributed by atoms with Gasteiger partial charge < -0.3 is 19.0 Å².